The Morgan fingerprint density at radius 1 is 0.912 bits per heavy atom. The van der Waals surface area contributed by atoms with Crippen molar-refractivity contribution in [2.24, 2.45) is 0 Å². The lowest BCUT2D eigenvalue weighted by Crippen LogP contribution is -2.30. The second kappa shape index (κ2) is 10.9. The first kappa shape index (κ1) is 24.1. The first-order chi connectivity index (χ1) is 16.5. The Hall–Kier alpha value is -3.01. The second-order valence-corrected chi connectivity index (χ2v) is 10.5. The number of thioether (sulfide) groups is 1. The van der Waals surface area contributed by atoms with E-state index < -0.39 is 10.0 Å². The smallest absolute Gasteiger partial charge is 0.243 e. The molecule has 2 aromatic heterocycles. The average Bonchev–Trinajstić information content (AvgIpc) is 3.30. The van der Waals surface area contributed by atoms with Gasteiger partial charge in [0.2, 0.25) is 10.0 Å². The zero-order chi connectivity index (χ0) is 24.0. The van der Waals surface area contributed by atoms with E-state index in [2.05, 4.69) is 15.2 Å². The van der Waals surface area contributed by atoms with Crippen LogP contribution >= 0.6 is 11.8 Å². The molecule has 0 unspecified atom stereocenters. The number of aromatic nitrogens is 4. The predicted molar refractivity (Wildman–Crippen MR) is 136 cm³/mol. The molecule has 0 saturated carbocycles. The molecule has 4 rings (SSSR count). The van der Waals surface area contributed by atoms with Gasteiger partial charge in [-0.15, -0.1) is 10.2 Å². The Labute approximate surface area is 204 Å². The Morgan fingerprint density at radius 2 is 1.68 bits per heavy atom. The van der Waals surface area contributed by atoms with E-state index in [1.807, 2.05) is 73.0 Å². The molecular weight excluding hydrogens is 466 g/mol. The van der Waals surface area contributed by atoms with E-state index in [1.165, 1.54) is 4.31 Å². The van der Waals surface area contributed by atoms with Crippen molar-refractivity contribution in [2.45, 2.75) is 30.3 Å². The number of hydrogen-bond donors (Lipinski definition) is 0. The third-order valence-corrected chi connectivity index (χ3v) is 8.38. The molecule has 0 N–H and O–H groups in total. The number of rotatable bonds is 10. The van der Waals surface area contributed by atoms with Crippen LogP contribution in [0, 0.1) is 0 Å². The number of pyridine rings is 1. The average molecular weight is 494 g/mol. The van der Waals surface area contributed by atoms with Crippen molar-refractivity contribution in [1.82, 2.24) is 24.1 Å². The number of hydrogen-bond acceptors (Lipinski definition) is 6. The van der Waals surface area contributed by atoms with Crippen molar-refractivity contribution < 1.29 is 8.42 Å². The summed E-state index contributed by atoms with van der Waals surface area (Å²) in [6, 6.07) is 22.7. The molecule has 0 aliphatic carbocycles. The lowest BCUT2D eigenvalue weighted by Gasteiger charge is -2.19. The highest BCUT2D eigenvalue weighted by atomic mass is 32.2. The van der Waals surface area contributed by atoms with Crippen LogP contribution in [0.15, 0.2) is 89.0 Å². The van der Waals surface area contributed by atoms with Gasteiger partial charge in [-0.2, -0.15) is 4.31 Å². The summed E-state index contributed by atoms with van der Waals surface area (Å²) in [5.74, 6) is 1.39. The van der Waals surface area contributed by atoms with Crippen LogP contribution < -0.4 is 0 Å². The van der Waals surface area contributed by atoms with Gasteiger partial charge >= 0.3 is 0 Å². The Balaban J connectivity index is 1.70. The summed E-state index contributed by atoms with van der Waals surface area (Å²) < 4.78 is 29.6. The van der Waals surface area contributed by atoms with Gasteiger partial charge in [0.15, 0.2) is 11.0 Å². The van der Waals surface area contributed by atoms with E-state index >= 15 is 0 Å². The van der Waals surface area contributed by atoms with Crippen LogP contribution in [-0.2, 0) is 16.4 Å². The minimum absolute atomic E-state index is 0.251. The van der Waals surface area contributed by atoms with Crippen molar-refractivity contribution in [3.63, 3.8) is 0 Å². The molecule has 0 atom stereocenters. The molecule has 2 heterocycles. The fourth-order valence-corrected chi connectivity index (χ4v) is 6.08. The van der Waals surface area contributed by atoms with Crippen LogP contribution in [0.2, 0.25) is 0 Å². The minimum atomic E-state index is -3.58. The van der Waals surface area contributed by atoms with Gasteiger partial charge < -0.3 is 0 Å². The van der Waals surface area contributed by atoms with Crippen LogP contribution in [0.1, 0.15) is 19.5 Å². The fraction of sp³-hybridized carbons (Fsp3) is 0.240. The molecule has 0 saturated heterocycles. The summed E-state index contributed by atoms with van der Waals surface area (Å²) in [5, 5.41) is 9.66. The molecule has 0 bridgehead atoms. The van der Waals surface area contributed by atoms with Gasteiger partial charge in [-0.3, -0.25) is 9.55 Å². The van der Waals surface area contributed by atoms with E-state index in [9.17, 15) is 8.42 Å². The summed E-state index contributed by atoms with van der Waals surface area (Å²) in [4.78, 5) is 4.64. The molecular formula is C25H27N5O2S2. The van der Waals surface area contributed by atoms with Crippen molar-refractivity contribution in [3.05, 3.63) is 84.7 Å². The fourth-order valence-electron chi connectivity index (χ4n) is 3.66. The number of aryl methyl sites for hydroxylation is 1. The summed E-state index contributed by atoms with van der Waals surface area (Å²) in [5.41, 5.74) is 2.64. The van der Waals surface area contributed by atoms with E-state index in [1.54, 1.807) is 36.2 Å². The quantitative estimate of drug-likeness (QED) is 0.298. The molecule has 0 radical (unpaired) electrons. The predicted octanol–water partition coefficient (Wildman–Crippen LogP) is 4.69. The van der Waals surface area contributed by atoms with Crippen LogP contribution in [0.3, 0.4) is 0 Å². The van der Waals surface area contributed by atoms with E-state index in [4.69, 9.17) is 0 Å². The van der Waals surface area contributed by atoms with Crippen LogP contribution in [0.4, 0.5) is 0 Å². The van der Waals surface area contributed by atoms with Gasteiger partial charge in [-0.05, 0) is 42.8 Å². The first-order valence-electron chi connectivity index (χ1n) is 11.2. The van der Waals surface area contributed by atoms with Crippen molar-refractivity contribution in [2.75, 3.05) is 18.8 Å². The van der Waals surface area contributed by atoms with Crippen molar-refractivity contribution in [1.29, 1.82) is 0 Å². The van der Waals surface area contributed by atoms with Gasteiger partial charge in [-0.25, -0.2) is 8.42 Å². The lowest BCUT2D eigenvalue weighted by atomic mass is 10.2. The molecule has 176 valence electrons. The van der Waals surface area contributed by atoms with E-state index in [-0.39, 0.29) is 4.90 Å². The Kier molecular flexibility index (Phi) is 7.77. The summed E-state index contributed by atoms with van der Waals surface area (Å²) in [6.45, 7) is 4.51. The van der Waals surface area contributed by atoms with Gasteiger partial charge in [0.1, 0.15) is 0 Å². The van der Waals surface area contributed by atoms with Gasteiger partial charge in [0, 0.05) is 42.0 Å². The lowest BCUT2D eigenvalue weighted by molar-refractivity contribution is 0.445. The van der Waals surface area contributed by atoms with Crippen LogP contribution in [0.25, 0.3) is 17.1 Å². The molecule has 34 heavy (non-hydrogen) atoms. The summed E-state index contributed by atoms with van der Waals surface area (Å²) in [6.07, 6.45) is 2.60. The molecule has 7 nitrogen and oxygen atoms in total. The second-order valence-electron chi connectivity index (χ2n) is 7.51. The molecule has 2 aromatic carbocycles. The number of sulfonamides is 1. The topological polar surface area (TPSA) is 81.0 Å². The Bertz CT molecular complexity index is 1320. The Morgan fingerprint density at radius 3 is 2.38 bits per heavy atom. The maximum atomic E-state index is 13.1. The highest BCUT2D eigenvalue weighted by molar-refractivity contribution is 7.99. The number of nitrogens with zero attached hydrogens (tertiary/aromatic N) is 5. The minimum Gasteiger partial charge on any atom is -0.270 e. The third-order valence-electron chi connectivity index (χ3n) is 5.40. The molecule has 0 fully saturated rings. The van der Waals surface area contributed by atoms with Gasteiger partial charge in [0.05, 0.1) is 4.90 Å². The van der Waals surface area contributed by atoms with E-state index in [0.29, 0.717) is 24.5 Å². The van der Waals surface area contributed by atoms with E-state index in [0.717, 1.165) is 28.7 Å². The maximum Gasteiger partial charge on any atom is 0.243 e. The van der Waals surface area contributed by atoms with Crippen molar-refractivity contribution >= 4 is 21.8 Å². The first-order valence-corrected chi connectivity index (χ1v) is 13.6. The SMILES string of the molecule is CCN(CC)S(=O)(=O)c1cccc(-c2nnc(SCCc3ccccn3)n2-c2ccccc2)c1. The third kappa shape index (κ3) is 5.22. The summed E-state index contributed by atoms with van der Waals surface area (Å²) in [7, 11) is -3.58. The normalized spacial score (nSPS) is 11.7. The maximum absolute atomic E-state index is 13.1. The molecule has 0 aliphatic rings. The van der Waals surface area contributed by atoms with Gasteiger partial charge in [0.25, 0.3) is 0 Å². The zero-order valence-electron chi connectivity index (χ0n) is 19.2. The monoisotopic (exact) mass is 493 g/mol. The molecule has 0 spiro atoms. The highest BCUT2D eigenvalue weighted by Crippen LogP contribution is 2.30. The standard InChI is InChI=1S/C25H27N5O2S2/c1-3-29(4-2)34(31,32)23-15-10-11-20(19-23)24-27-28-25(30(24)22-13-6-5-7-14-22)33-18-16-21-12-8-9-17-26-21/h5-15,17,19H,3-4,16,18H2,1-2H3. The zero-order valence-corrected chi connectivity index (χ0v) is 20.8. The largest absolute Gasteiger partial charge is 0.270 e. The number of benzene rings is 2. The van der Waals surface area contributed by atoms with Crippen LogP contribution in [0.5, 0.6) is 0 Å². The number of para-hydroxylation sites is 1. The highest BCUT2D eigenvalue weighted by Gasteiger charge is 2.23. The molecule has 0 aliphatic heterocycles. The molecule has 0 amide bonds. The van der Waals surface area contributed by atoms with Crippen LogP contribution in [-0.4, -0.2) is 51.3 Å². The van der Waals surface area contributed by atoms with Crippen molar-refractivity contribution in [3.8, 4) is 17.1 Å². The molecule has 4 aromatic rings. The molecule has 9 heteroatoms. The van der Waals surface area contributed by atoms with Gasteiger partial charge in [-0.1, -0.05) is 62.0 Å². The summed E-state index contributed by atoms with van der Waals surface area (Å²) >= 11 is 1.60.